The number of rotatable bonds is 3. The number of benzene rings is 1. The molecule has 0 saturated heterocycles. The van der Waals surface area contributed by atoms with Gasteiger partial charge in [-0.1, -0.05) is 17.7 Å². The molecule has 84 valence electrons. The van der Waals surface area contributed by atoms with E-state index in [0.717, 1.165) is 17.1 Å². The van der Waals surface area contributed by atoms with Crippen LogP contribution in [-0.2, 0) is 6.54 Å². The minimum Gasteiger partial charge on any atom is -0.380 e. The van der Waals surface area contributed by atoms with Crippen LogP contribution in [0.5, 0.6) is 0 Å². The third-order valence-corrected chi connectivity index (χ3v) is 4.44. The van der Waals surface area contributed by atoms with Crippen molar-refractivity contribution in [3.8, 4) is 0 Å². The van der Waals surface area contributed by atoms with Crippen LogP contribution in [0.2, 0.25) is 4.47 Å². The monoisotopic (exact) mass is 364 g/mol. The van der Waals surface area contributed by atoms with Crippen molar-refractivity contribution in [3.05, 3.63) is 42.9 Å². The molecule has 0 aliphatic heterocycles. The Morgan fingerprint density at radius 2 is 2.31 bits per heavy atom. The minimum absolute atomic E-state index is 0.593. The van der Waals surface area contributed by atoms with Crippen LogP contribution in [0.3, 0.4) is 0 Å². The zero-order valence-electron chi connectivity index (χ0n) is 8.63. The molecule has 1 aromatic carbocycles. The number of hydrogen-bond donors (Lipinski definition) is 1. The number of aryl methyl sites for hydroxylation is 1. The first kappa shape index (κ1) is 12.1. The van der Waals surface area contributed by atoms with Gasteiger partial charge in [-0.05, 0) is 47.2 Å². The smallest absolute Gasteiger partial charge is 0.183 e. The maximum absolute atomic E-state index is 5.77. The molecule has 0 spiro atoms. The van der Waals surface area contributed by atoms with Gasteiger partial charge in [0, 0.05) is 20.3 Å². The van der Waals surface area contributed by atoms with Crippen LogP contribution in [0.15, 0.2) is 24.4 Å². The van der Waals surface area contributed by atoms with Crippen molar-refractivity contribution in [1.82, 2.24) is 4.98 Å². The molecule has 0 radical (unpaired) electrons. The summed E-state index contributed by atoms with van der Waals surface area (Å²) in [7, 11) is 0. The zero-order valence-corrected chi connectivity index (χ0v) is 12.4. The Hall–Kier alpha value is -0.330. The number of halogens is 2. The fraction of sp³-hybridized carbons (Fsp3) is 0.182. The summed E-state index contributed by atoms with van der Waals surface area (Å²) < 4.78 is 1.86. The molecule has 2 rings (SSSR count). The Labute approximate surface area is 117 Å². The van der Waals surface area contributed by atoms with Crippen molar-refractivity contribution in [2.24, 2.45) is 0 Å². The second-order valence-corrected chi connectivity index (χ2v) is 6.26. The van der Waals surface area contributed by atoms with Crippen LogP contribution in [0.4, 0.5) is 5.69 Å². The van der Waals surface area contributed by atoms with E-state index in [4.69, 9.17) is 11.6 Å². The molecule has 2 nitrogen and oxygen atoms in total. The molecule has 1 heterocycles. The van der Waals surface area contributed by atoms with Crippen molar-refractivity contribution >= 4 is 51.2 Å². The van der Waals surface area contributed by atoms with Gasteiger partial charge in [0.25, 0.3) is 0 Å². The molecule has 0 fully saturated rings. The molecule has 0 saturated carbocycles. The van der Waals surface area contributed by atoms with Gasteiger partial charge < -0.3 is 5.32 Å². The highest BCUT2D eigenvalue weighted by atomic mass is 127. The van der Waals surface area contributed by atoms with Gasteiger partial charge in [0.2, 0.25) is 0 Å². The molecule has 16 heavy (non-hydrogen) atoms. The fourth-order valence-electron chi connectivity index (χ4n) is 1.26. The summed E-state index contributed by atoms with van der Waals surface area (Å²) in [6, 6.07) is 6.34. The SMILES string of the molecule is Cc1ccc(NCc2cnc(Cl)s2)cc1I. The third-order valence-electron chi connectivity index (χ3n) is 2.16. The van der Waals surface area contributed by atoms with E-state index < -0.39 is 0 Å². The van der Waals surface area contributed by atoms with E-state index in [-0.39, 0.29) is 0 Å². The van der Waals surface area contributed by atoms with Gasteiger partial charge in [0.05, 0.1) is 6.54 Å². The van der Waals surface area contributed by atoms with Crippen molar-refractivity contribution < 1.29 is 0 Å². The van der Waals surface area contributed by atoms with Crippen LogP contribution in [0.1, 0.15) is 10.4 Å². The van der Waals surface area contributed by atoms with Crippen LogP contribution in [-0.4, -0.2) is 4.98 Å². The van der Waals surface area contributed by atoms with E-state index in [0.29, 0.717) is 4.47 Å². The Balaban J connectivity index is 2.02. The largest absolute Gasteiger partial charge is 0.380 e. The van der Waals surface area contributed by atoms with Gasteiger partial charge in [0.1, 0.15) is 0 Å². The van der Waals surface area contributed by atoms with E-state index in [2.05, 4.69) is 58.0 Å². The summed E-state index contributed by atoms with van der Waals surface area (Å²) in [5.74, 6) is 0. The lowest BCUT2D eigenvalue weighted by Gasteiger charge is -2.06. The number of nitrogens with one attached hydrogen (secondary N) is 1. The summed E-state index contributed by atoms with van der Waals surface area (Å²) in [5, 5.41) is 3.35. The Morgan fingerprint density at radius 3 is 2.94 bits per heavy atom. The lowest BCUT2D eigenvalue weighted by molar-refractivity contribution is 1.17. The topological polar surface area (TPSA) is 24.9 Å². The molecule has 0 atom stereocenters. The number of nitrogens with zero attached hydrogens (tertiary/aromatic N) is 1. The maximum atomic E-state index is 5.77. The molecule has 1 aromatic heterocycles. The van der Waals surface area contributed by atoms with Crippen LogP contribution in [0.25, 0.3) is 0 Å². The number of hydrogen-bond acceptors (Lipinski definition) is 3. The summed E-state index contributed by atoms with van der Waals surface area (Å²) >= 11 is 9.61. The quantitative estimate of drug-likeness (QED) is 0.820. The normalized spacial score (nSPS) is 10.4. The highest BCUT2D eigenvalue weighted by molar-refractivity contribution is 14.1. The van der Waals surface area contributed by atoms with Gasteiger partial charge in [0.15, 0.2) is 4.47 Å². The zero-order chi connectivity index (χ0) is 11.5. The van der Waals surface area contributed by atoms with Crippen molar-refractivity contribution in [2.75, 3.05) is 5.32 Å². The van der Waals surface area contributed by atoms with Crippen molar-refractivity contribution in [2.45, 2.75) is 13.5 Å². The molecule has 0 aliphatic carbocycles. The molecule has 0 amide bonds. The van der Waals surface area contributed by atoms with Gasteiger partial charge in [-0.25, -0.2) is 4.98 Å². The van der Waals surface area contributed by atoms with Crippen LogP contribution < -0.4 is 5.32 Å². The standard InChI is InChI=1S/C11H10ClIN2S/c1-7-2-3-8(4-10(7)13)14-5-9-6-15-11(12)16-9/h2-4,6,14H,5H2,1H3. The molecule has 0 aliphatic rings. The Bertz CT molecular complexity index is 498. The van der Waals surface area contributed by atoms with E-state index in [1.54, 1.807) is 6.20 Å². The lowest BCUT2D eigenvalue weighted by atomic mass is 10.2. The first-order valence-electron chi connectivity index (χ1n) is 4.75. The first-order chi connectivity index (χ1) is 7.65. The van der Waals surface area contributed by atoms with E-state index in [1.807, 2.05) is 0 Å². The predicted molar refractivity (Wildman–Crippen MR) is 78.3 cm³/mol. The third kappa shape index (κ3) is 3.09. The van der Waals surface area contributed by atoms with Crippen LogP contribution in [0, 0.1) is 10.5 Å². The van der Waals surface area contributed by atoms with Crippen LogP contribution >= 0.6 is 45.5 Å². The Morgan fingerprint density at radius 1 is 1.50 bits per heavy atom. The molecule has 1 N–H and O–H groups in total. The molecule has 2 aromatic rings. The fourth-order valence-corrected chi connectivity index (χ4v) is 2.69. The second-order valence-electron chi connectivity index (χ2n) is 3.40. The predicted octanol–water partition coefficient (Wildman–Crippen LogP) is 4.32. The van der Waals surface area contributed by atoms with Gasteiger partial charge in [-0.3, -0.25) is 0 Å². The van der Waals surface area contributed by atoms with Gasteiger partial charge in [-0.2, -0.15) is 0 Å². The van der Waals surface area contributed by atoms with E-state index >= 15 is 0 Å². The first-order valence-corrected chi connectivity index (χ1v) is 7.03. The number of anilines is 1. The number of thiazole rings is 1. The molecular weight excluding hydrogens is 355 g/mol. The minimum atomic E-state index is 0.593. The maximum Gasteiger partial charge on any atom is 0.183 e. The summed E-state index contributed by atoms with van der Waals surface area (Å²) in [4.78, 5) is 5.14. The highest BCUT2D eigenvalue weighted by Gasteiger charge is 2.00. The van der Waals surface area contributed by atoms with Crippen molar-refractivity contribution in [1.29, 1.82) is 0 Å². The average molecular weight is 365 g/mol. The lowest BCUT2D eigenvalue weighted by Crippen LogP contribution is -1.97. The molecule has 0 bridgehead atoms. The van der Waals surface area contributed by atoms with Crippen molar-refractivity contribution in [3.63, 3.8) is 0 Å². The average Bonchev–Trinajstić information content (AvgIpc) is 2.66. The molecule has 0 unspecified atom stereocenters. The molecule has 5 heteroatoms. The Kier molecular flexibility index (Phi) is 4.05. The van der Waals surface area contributed by atoms with E-state index in [9.17, 15) is 0 Å². The summed E-state index contributed by atoms with van der Waals surface area (Å²) in [6.07, 6.45) is 1.80. The van der Waals surface area contributed by atoms with Gasteiger partial charge in [-0.15, -0.1) is 11.3 Å². The summed E-state index contributed by atoms with van der Waals surface area (Å²) in [5.41, 5.74) is 2.42. The second kappa shape index (κ2) is 5.33. The highest BCUT2D eigenvalue weighted by Crippen LogP contribution is 2.21. The summed E-state index contributed by atoms with van der Waals surface area (Å²) in [6.45, 7) is 2.87. The van der Waals surface area contributed by atoms with E-state index in [1.165, 1.54) is 20.5 Å². The molecular formula is C11H10ClIN2S. The number of aromatic nitrogens is 1. The van der Waals surface area contributed by atoms with Gasteiger partial charge >= 0.3 is 0 Å².